The highest BCUT2D eigenvalue weighted by atomic mass is 16.5. The molecule has 0 saturated heterocycles. The van der Waals surface area contributed by atoms with Crippen molar-refractivity contribution < 1.29 is 14.6 Å². The minimum atomic E-state index is 0.608. The summed E-state index contributed by atoms with van der Waals surface area (Å²) in [5.41, 5.74) is 0.619. The summed E-state index contributed by atoms with van der Waals surface area (Å²) in [6.45, 7) is 3.52. The van der Waals surface area contributed by atoms with Crippen molar-refractivity contribution in [1.82, 2.24) is 0 Å². The zero-order valence-electron chi connectivity index (χ0n) is 7.78. The van der Waals surface area contributed by atoms with Gasteiger partial charge in [0.15, 0.2) is 0 Å². The largest absolute Gasteiger partial charge is 0.496 e. The summed E-state index contributed by atoms with van der Waals surface area (Å²) in [4.78, 5) is 0. The molecule has 0 atom stereocenters. The van der Waals surface area contributed by atoms with E-state index in [9.17, 15) is 0 Å². The Morgan fingerprint density at radius 1 is 1.46 bits per heavy atom. The molecule has 0 bridgehead atoms. The first-order valence-corrected chi connectivity index (χ1v) is 4.10. The second-order valence-corrected chi connectivity index (χ2v) is 2.47. The SMILES string of the molecule is CCOc1ccc(OC)c([CH]O)c1. The van der Waals surface area contributed by atoms with Crippen molar-refractivity contribution in [1.29, 1.82) is 0 Å². The van der Waals surface area contributed by atoms with Crippen LogP contribution >= 0.6 is 0 Å². The topological polar surface area (TPSA) is 38.7 Å². The quantitative estimate of drug-likeness (QED) is 0.771. The summed E-state index contributed by atoms with van der Waals surface area (Å²) in [7, 11) is 1.56. The molecule has 1 rings (SSSR count). The van der Waals surface area contributed by atoms with E-state index < -0.39 is 0 Å². The molecule has 3 nitrogen and oxygen atoms in total. The molecule has 0 aliphatic rings. The summed E-state index contributed by atoms with van der Waals surface area (Å²) < 4.78 is 10.3. The normalized spacial score (nSPS) is 9.77. The van der Waals surface area contributed by atoms with Crippen LogP contribution in [-0.2, 0) is 0 Å². The van der Waals surface area contributed by atoms with Crippen molar-refractivity contribution >= 4 is 0 Å². The predicted molar refractivity (Wildman–Crippen MR) is 49.5 cm³/mol. The summed E-state index contributed by atoms with van der Waals surface area (Å²) in [6.07, 6.45) is 0. The van der Waals surface area contributed by atoms with Gasteiger partial charge in [0, 0.05) is 5.56 Å². The Morgan fingerprint density at radius 2 is 2.23 bits per heavy atom. The van der Waals surface area contributed by atoms with Crippen molar-refractivity contribution in [2.24, 2.45) is 0 Å². The van der Waals surface area contributed by atoms with Gasteiger partial charge in [-0.15, -0.1) is 0 Å². The Hall–Kier alpha value is -1.22. The van der Waals surface area contributed by atoms with Gasteiger partial charge in [0.25, 0.3) is 0 Å². The van der Waals surface area contributed by atoms with Gasteiger partial charge in [-0.3, -0.25) is 0 Å². The number of hydrogen-bond donors (Lipinski definition) is 1. The fourth-order valence-electron chi connectivity index (χ4n) is 1.07. The van der Waals surface area contributed by atoms with Gasteiger partial charge in [-0.25, -0.2) is 0 Å². The second kappa shape index (κ2) is 4.72. The minimum Gasteiger partial charge on any atom is -0.496 e. The molecule has 0 heterocycles. The molecule has 1 aromatic carbocycles. The summed E-state index contributed by atoms with van der Waals surface area (Å²) in [5.74, 6) is 1.36. The van der Waals surface area contributed by atoms with E-state index in [1.165, 1.54) is 0 Å². The number of aliphatic hydroxyl groups excluding tert-OH is 1. The van der Waals surface area contributed by atoms with Gasteiger partial charge in [0.05, 0.1) is 13.7 Å². The van der Waals surface area contributed by atoms with Gasteiger partial charge in [-0.1, -0.05) is 0 Å². The van der Waals surface area contributed by atoms with E-state index >= 15 is 0 Å². The van der Waals surface area contributed by atoms with Crippen LogP contribution < -0.4 is 9.47 Å². The number of aliphatic hydroxyl groups is 1. The van der Waals surface area contributed by atoms with Crippen molar-refractivity contribution in [2.75, 3.05) is 13.7 Å². The van der Waals surface area contributed by atoms with E-state index in [2.05, 4.69) is 0 Å². The highest BCUT2D eigenvalue weighted by Crippen LogP contribution is 2.24. The minimum absolute atomic E-state index is 0.608. The van der Waals surface area contributed by atoms with E-state index in [4.69, 9.17) is 14.6 Å². The maximum absolute atomic E-state index is 8.88. The zero-order valence-corrected chi connectivity index (χ0v) is 7.78. The monoisotopic (exact) mass is 181 g/mol. The van der Waals surface area contributed by atoms with Gasteiger partial charge < -0.3 is 14.6 Å². The van der Waals surface area contributed by atoms with Crippen LogP contribution in [0.4, 0.5) is 0 Å². The Bertz CT molecular complexity index is 271. The molecule has 1 N–H and O–H groups in total. The maximum atomic E-state index is 8.88. The standard InChI is InChI=1S/C10H13O3/c1-3-13-9-4-5-10(12-2)8(6-9)7-11/h4-7,11H,3H2,1-2H3. The number of benzene rings is 1. The Morgan fingerprint density at radius 3 is 2.77 bits per heavy atom. The number of hydrogen-bond acceptors (Lipinski definition) is 3. The number of ether oxygens (including phenoxy) is 2. The first-order chi connectivity index (χ1) is 6.31. The van der Waals surface area contributed by atoms with E-state index in [1.54, 1.807) is 25.3 Å². The van der Waals surface area contributed by atoms with E-state index in [-0.39, 0.29) is 0 Å². The lowest BCUT2D eigenvalue weighted by atomic mass is 10.2. The van der Waals surface area contributed by atoms with Gasteiger partial charge >= 0.3 is 0 Å². The van der Waals surface area contributed by atoms with Crippen LogP contribution in [0.5, 0.6) is 11.5 Å². The first kappa shape index (κ1) is 9.86. The third-order valence-corrected chi connectivity index (χ3v) is 1.65. The van der Waals surface area contributed by atoms with Crippen molar-refractivity contribution in [3.63, 3.8) is 0 Å². The second-order valence-electron chi connectivity index (χ2n) is 2.47. The average molecular weight is 181 g/mol. The van der Waals surface area contributed by atoms with Crippen LogP contribution in [-0.4, -0.2) is 18.8 Å². The van der Waals surface area contributed by atoms with Crippen LogP contribution in [0.2, 0.25) is 0 Å². The number of methoxy groups -OCH3 is 1. The highest BCUT2D eigenvalue weighted by molar-refractivity contribution is 5.43. The molecule has 0 aliphatic heterocycles. The highest BCUT2D eigenvalue weighted by Gasteiger charge is 2.03. The molecule has 1 radical (unpaired) electrons. The molecule has 0 spiro atoms. The molecule has 1 aromatic rings. The zero-order chi connectivity index (χ0) is 9.68. The first-order valence-electron chi connectivity index (χ1n) is 4.10. The molecular formula is C10H13O3. The van der Waals surface area contributed by atoms with Crippen molar-refractivity contribution in [2.45, 2.75) is 6.92 Å². The van der Waals surface area contributed by atoms with Gasteiger partial charge in [0.2, 0.25) is 0 Å². The summed E-state index contributed by atoms with van der Waals surface area (Å²) in [5, 5.41) is 8.88. The molecule has 0 aliphatic carbocycles. The summed E-state index contributed by atoms with van der Waals surface area (Å²) in [6, 6.07) is 5.28. The van der Waals surface area contributed by atoms with Crippen molar-refractivity contribution in [3.8, 4) is 11.5 Å². The van der Waals surface area contributed by atoms with Crippen LogP contribution in [0.25, 0.3) is 0 Å². The Kier molecular flexibility index (Phi) is 3.58. The lowest BCUT2D eigenvalue weighted by molar-refractivity contribution is 0.336. The molecule has 3 heteroatoms. The van der Waals surface area contributed by atoms with E-state index in [0.29, 0.717) is 17.9 Å². The third-order valence-electron chi connectivity index (χ3n) is 1.65. The van der Waals surface area contributed by atoms with Crippen LogP contribution in [0.3, 0.4) is 0 Å². The predicted octanol–water partition coefficient (Wildman–Crippen LogP) is 1.98. The average Bonchev–Trinajstić information content (AvgIpc) is 2.18. The Labute approximate surface area is 77.9 Å². The van der Waals surface area contributed by atoms with Gasteiger partial charge in [-0.05, 0) is 25.1 Å². The van der Waals surface area contributed by atoms with Gasteiger partial charge in [-0.2, -0.15) is 0 Å². The van der Waals surface area contributed by atoms with Crippen LogP contribution in [0.1, 0.15) is 12.5 Å². The molecule has 71 valence electrons. The van der Waals surface area contributed by atoms with E-state index in [1.807, 2.05) is 6.92 Å². The third kappa shape index (κ3) is 2.36. The molecule has 0 unspecified atom stereocenters. The fraction of sp³-hybridized carbons (Fsp3) is 0.300. The maximum Gasteiger partial charge on any atom is 0.125 e. The lowest BCUT2D eigenvalue weighted by Gasteiger charge is -2.08. The lowest BCUT2D eigenvalue weighted by Crippen LogP contribution is -1.94. The van der Waals surface area contributed by atoms with Crippen molar-refractivity contribution in [3.05, 3.63) is 30.4 Å². The molecule has 0 saturated carbocycles. The van der Waals surface area contributed by atoms with Crippen LogP contribution in [0.15, 0.2) is 18.2 Å². The molecule has 0 fully saturated rings. The number of rotatable bonds is 4. The van der Waals surface area contributed by atoms with Crippen LogP contribution in [0, 0.1) is 6.61 Å². The van der Waals surface area contributed by atoms with E-state index in [0.717, 1.165) is 12.4 Å². The Balaban J connectivity index is 2.91. The summed E-state index contributed by atoms with van der Waals surface area (Å²) >= 11 is 0. The molecule has 13 heavy (non-hydrogen) atoms. The van der Waals surface area contributed by atoms with Gasteiger partial charge in [0.1, 0.15) is 18.1 Å². The smallest absolute Gasteiger partial charge is 0.125 e. The molecule has 0 aromatic heterocycles. The molecule has 0 amide bonds. The molecular weight excluding hydrogens is 168 g/mol. The fourth-order valence-corrected chi connectivity index (χ4v) is 1.07.